The molecule has 7 heteroatoms. The number of piperidine rings is 1. The first kappa shape index (κ1) is 24.7. The molecule has 0 spiro atoms. The number of benzene rings is 2. The molecule has 2 heterocycles. The summed E-state index contributed by atoms with van der Waals surface area (Å²) in [5.74, 6) is -1.28. The number of hydrogen-bond donors (Lipinski definition) is 0. The molecule has 1 fully saturated rings. The monoisotopic (exact) mass is 475 g/mol. The van der Waals surface area contributed by atoms with E-state index in [4.69, 9.17) is 14.6 Å². The van der Waals surface area contributed by atoms with Crippen molar-refractivity contribution in [2.45, 2.75) is 52.6 Å². The Hall–Kier alpha value is -3.45. The summed E-state index contributed by atoms with van der Waals surface area (Å²) in [7, 11) is 2.60. The van der Waals surface area contributed by atoms with Crippen molar-refractivity contribution in [1.82, 2.24) is 14.7 Å². The van der Waals surface area contributed by atoms with E-state index < -0.39 is 11.9 Å². The van der Waals surface area contributed by atoms with Gasteiger partial charge in [-0.25, -0.2) is 14.3 Å². The van der Waals surface area contributed by atoms with Crippen LogP contribution in [0.15, 0.2) is 42.5 Å². The third-order valence-electron chi connectivity index (χ3n) is 6.88. The summed E-state index contributed by atoms with van der Waals surface area (Å²) in [5.41, 5.74) is 5.32. The highest BCUT2D eigenvalue weighted by molar-refractivity contribution is 6.07. The third-order valence-corrected chi connectivity index (χ3v) is 6.88. The lowest BCUT2D eigenvalue weighted by atomic mass is 9.93. The Morgan fingerprint density at radius 2 is 1.74 bits per heavy atom. The normalized spacial score (nSPS) is 16.2. The fraction of sp³-hybridized carbons (Fsp3) is 0.393. The van der Waals surface area contributed by atoms with Crippen LogP contribution >= 0.6 is 0 Å². The molecule has 184 valence electrons. The predicted molar refractivity (Wildman–Crippen MR) is 135 cm³/mol. The Kier molecular flexibility index (Phi) is 7.36. The van der Waals surface area contributed by atoms with Gasteiger partial charge in [-0.1, -0.05) is 36.2 Å². The molecule has 0 N–H and O–H groups in total. The van der Waals surface area contributed by atoms with Crippen molar-refractivity contribution in [3.05, 3.63) is 70.4 Å². The van der Waals surface area contributed by atoms with Crippen molar-refractivity contribution in [3.8, 4) is 16.9 Å². The van der Waals surface area contributed by atoms with E-state index in [1.165, 1.54) is 43.7 Å². The van der Waals surface area contributed by atoms with Gasteiger partial charge in [-0.2, -0.15) is 5.10 Å². The molecule has 1 aliphatic heterocycles. The Bertz CT molecular complexity index is 1230. The molecular formula is C28H33N3O4. The summed E-state index contributed by atoms with van der Waals surface area (Å²) >= 11 is 0. The molecule has 0 aliphatic carbocycles. The van der Waals surface area contributed by atoms with E-state index in [0.717, 1.165) is 29.8 Å². The van der Waals surface area contributed by atoms with Gasteiger partial charge in [-0.15, -0.1) is 0 Å². The van der Waals surface area contributed by atoms with E-state index in [1.807, 2.05) is 43.3 Å². The zero-order chi connectivity index (χ0) is 25.1. The molecule has 2 aromatic carbocycles. The maximum atomic E-state index is 13.0. The van der Waals surface area contributed by atoms with Crippen LogP contribution in [-0.2, 0) is 16.0 Å². The fourth-order valence-electron chi connectivity index (χ4n) is 4.90. The van der Waals surface area contributed by atoms with Crippen molar-refractivity contribution in [2.75, 3.05) is 20.8 Å². The molecule has 4 rings (SSSR count). The molecule has 1 saturated heterocycles. The smallest absolute Gasteiger partial charge is 0.357 e. The Morgan fingerprint density at radius 1 is 1.03 bits per heavy atom. The maximum absolute atomic E-state index is 13.0. The number of carbonyl (C=O) groups excluding carboxylic acids is 2. The van der Waals surface area contributed by atoms with Crippen molar-refractivity contribution in [3.63, 3.8) is 0 Å². The average molecular weight is 476 g/mol. The van der Waals surface area contributed by atoms with E-state index in [2.05, 4.69) is 24.8 Å². The molecule has 35 heavy (non-hydrogen) atoms. The lowest BCUT2D eigenvalue weighted by Crippen LogP contribution is -2.36. The molecule has 0 saturated carbocycles. The summed E-state index contributed by atoms with van der Waals surface area (Å²) in [6, 6.07) is 14.0. The summed E-state index contributed by atoms with van der Waals surface area (Å²) in [4.78, 5) is 28.5. The average Bonchev–Trinajstić information content (AvgIpc) is 3.27. The molecule has 0 amide bonds. The molecule has 1 unspecified atom stereocenters. The number of aromatic nitrogens is 2. The van der Waals surface area contributed by atoms with Gasteiger partial charge in [-0.3, -0.25) is 4.90 Å². The van der Waals surface area contributed by atoms with Crippen LogP contribution in [0.1, 0.15) is 63.7 Å². The quantitative estimate of drug-likeness (QED) is 0.462. The number of ether oxygens (including phenoxy) is 2. The van der Waals surface area contributed by atoms with Gasteiger partial charge in [0.25, 0.3) is 0 Å². The van der Waals surface area contributed by atoms with Crippen molar-refractivity contribution in [2.24, 2.45) is 0 Å². The fourth-order valence-corrected chi connectivity index (χ4v) is 4.90. The Labute approximate surface area is 206 Å². The second-order valence-electron chi connectivity index (χ2n) is 9.21. The number of likely N-dealkylation sites (tertiary alicyclic amines) is 1. The van der Waals surface area contributed by atoms with Gasteiger partial charge in [0.05, 0.1) is 19.9 Å². The SMILES string of the molecule is COC(=O)c1c(-c2cc(C)cc(CN3CCCCC3C)c2C)nn(-c2ccccc2)c1C(=O)OC. The standard InChI is InChI=1S/C28H33N3O4/c1-18-15-21(17-30-14-10-9-11-19(30)2)20(3)23(16-18)25-24(27(32)34-4)26(28(33)35-5)31(29-25)22-12-7-6-8-13-22/h6-8,12-13,15-16,19H,9-11,14,17H2,1-5H3. The van der Waals surface area contributed by atoms with Gasteiger partial charge < -0.3 is 9.47 Å². The maximum Gasteiger partial charge on any atom is 0.357 e. The minimum Gasteiger partial charge on any atom is -0.465 e. The van der Waals surface area contributed by atoms with Crippen LogP contribution in [0.3, 0.4) is 0 Å². The van der Waals surface area contributed by atoms with Gasteiger partial charge in [-0.05, 0) is 69.5 Å². The molecule has 7 nitrogen and oxygen atoms in total. The van der Waals surface area contributed by atoms with Crippen LogP contribution < -0.4 is 0 Å². The zero-order valence-corrected chi connectivity index (χ0v) is 21.1. The number of rotatable bonds is 6. The Balaban J connectivity index is 1.92. The van der Waals surface area contributed by atoms with Crippen molar-refractivity contribution in [1.29, 1.82) is 0 Å². The van der Waals surface area contributed by atoms with Gasteiger partial charge in [0.15, 0.2) is 5.69 Å². The van der Waals surface area contributed by atoms with Crippen LogP contribution in [-0.4, -0.2) is 53.4 Å². The minimum atomic E-state index is -0.652. The second kappa shape index (κ2) is 10.4. The first-order valence-electron chi connectivity index (χ1n) is 12.0. The number of esters is 2. The van der Waals surface area contributed by atoms with Crippen LogP contribution in [0.2, 0.25) is 0 Å². The third kappa shape index (κ3) is 4.86. The predicted octanol–water partition coefficient (Wildman–Crippen LogP) is 5.10. The van der Waals surface area contributed by atoms with Crippen molar-refractivity contribution >= 4 is 11.9 Å². The van der Waals surface area contributed by atoms with Crippen LogP contribution in [0.25, 0.3) is 16.9 Å². The van der Waals surface area contributed by atoms with Gasteiger partial charge in [0.1, 0.15) is 11.3 Å². The molecule has 0 bridgehead atoms. The lowest BCUT2D eigenvalue weighted by molar-refractivity contribution is 0.0549. The molecule has 3 aromatic rings. The van der Waals surface area contributed by atoms with Gasteiger partial charge in [0, 0.05) is 18.2 Å². The van der Waals surface area contributed by atoms with E-state index in [9.17, 15) is 9.59 Å². The number of hydrogen-bond acceptors (Lipinski definition) is 6. The van der Waals surface area contributed by atoms with Gasteiger partial charge >= 0.3 is 11.9 Å². The molecule has 1 atom stereocenters. The van der Waals surface area contributed by atoms with E-state index in [1.54, 1.807) is 0 Å². The topological polar surface area (TPSA) is 73.7 Å². The molecule has 1 aromatic heterocycles. The lowest BCUT2D eigenvalue weighted by Gasteiger charge is -2.34. The second-order valence-corrected chi connectivity index (χ2v) is 9.21. The summed E-state index contributed by atoms with van der Waals surface area (Å²) in [6.07, 6.45) is 3.68. The number of para-hydroxylation sites is 1. The van der Waals surface area contributed by atoms with E-state index >= 15 is 0 Å². The van der Waals surface area contributed by atoms with Crippen molar-refractivity contribution < 1.29 is 19.1 Å². The zero-order valence-electron chi connectivity index (χ0n) is 21.1. The Morgan fingerprint density at radius 3 is 2.40 bits per heavy atom. The highest BCUT2D eigenvalue weighted by Gasteiger charge is 2.32. The number of nitrogens with zero attached hydrogens (tertiary/aromatic N) is 3. The summed E-state index contributed by atoms with van der Waals surface area (Å²) in [6.45, 7) is 8.29. The first-order chi connectivity index (χ1) is 16.8. The molecular weight excluding hydrogens is 442 g/mol. The largest absolute Gasteiger partial charge is 0.465 e. The van der Waals surface area contributed by atoms with Crippen LogP contribution in [0.5, 0.6) is 0 Å². The highest BCUT2D eigenvalue weighted by atomic mass is 16.5. The summed E-state index contributed by atoms with van der Waals surface area (Å²) in [5, 5.41) is 4.79. The number of methoxy groups -OCH3 is 2. The highest BCUT2D eigenvalue weighted by Crippen LogP contribution is 2.34. The van der Waals surface area contributed by atoms with E-state index in [0.29, 0.717) is 17.4 Å². The van der Waals surface area contributed by atoms with Crippen LogP contribution in [0.4, 0.5) is 0 Å². The number of carbonyl (C=O) groups is 2. The van der Waals surface area contributed by atoms with Gasteiger partial charge in [0.2, 0.25) is 0 Å². The molecule has 1 aliphatic rings. The molecule has 0 radical (unpaired) electrons. The minimum absolute atomic E-state index is 0.0488. The number of aryl methyl sites for hydroxylation is 1. The van der Waals surface area contributed by atoms with E-state index in [-0.39, 0.29) is 11.3 Å². The first-order valence-corrected chi connectivity index (χ1v) is 12.0. The van der Waals surface area contributed by atoms with Crippen LogP contribution in [0, 0.1) is 13.8 Å². The summed E-state index contributed by atoms with van der Waals surface area (Å²) < 4.78 is 11.6.